The first-order chi connectivity index (χ1) is 12.4. The van der Waals surface area contributed by atoms with E-state index in [0.717, 1.165) is 0 Å². The van der Waals surface area contributed by atoms with Crippen LogP contribution >= 0.6 is 0 Å². The van der Waals surface area contributed by atoms with E-state index in [-0.39, 0.29) is 18.1 Å². The van der Waals surface area contributed by atoms with Crippen LogP contribution in [-0.4, -0.2) is 80.3 Å². The maximum absolute atomic E-state index is 11.9. The van der Waals surface area contributed by atoms with Crippen molar-refractivity contribution in [1.29, 1.82) is 0 Å². The molecule has 0 amide bonds. The zero-order valence-electron chi connectivity index (χ0n) is 16.3. The van der Waals surface area contributed by atoms with Crippen LogP contribution in [0.4, 0.5) is 0 Å². The molecule has 0 spiro atoms. The summed E-state index contributed by atoms with van der Waals surface area (Å²) < 4.78 is 10.9. The average molecular weight is 388 g/mol. The highest BCUT2D eigenvalue weighted by molar-refractivity contribution is 5.81. The van der Waals surface area contributed by atoms with Crippen molar-refractivity contribution in [2.75, 3.05) is 6.61 Å². The fraction of sp³-hybridized carbons (Fsp3) is 0.842. The topological polar surface area (TPSA) is 137 Å². The summed E-state index contributed by atoms with van der Waals surface area (Å²) >= 11 is 0. The number of ketones is 1. The number of hydrogen-bond donors (Lipinski definition) is 5. The Kier molecular flexibility index (Phi) is 6.85. The van der Waals surface area contributed by atoms with Crippen LogP contribution in [0.3, 0.4) is 0 Å². The monoisotopic (exact) mass is 388 g/mol. The highest BCUT2D eigenvalue weighted by atomic mass is 16.7. The molecule has 0 aromatic carbocycles. The molecule has 0 aromatic heterocycles. The Hall–Kier alpha value is -0.870. The Morgan fingerprint density at radius 3 is 2.44 bits per heavy atom. The molecule has 0 aromatic rings. The minimum absolute atomic E-state index is 0.121. The molecule has 5 N–H and O–H groups in total. The highest BCUT2D eigenvalue weighted by Gasteiger charge is 2.50. The lowest BCUT2D eigenvalue weighted by Gasteiger charge is -2.48. The molecule has 27 heavy (non-hydrogen) atoms. The van der Waals surface area contributed by atoms with Gasteiger partial charge in [-0.25, -0.2) is 0 Å². The predicted molar refractivity (Wildman–Crippen MR) is 95.6 cm³/mol. The van der Waals surface area contributed by atoms with Crippen molar-refractivity contribution in [1.82, 2.24) is 0 Å². The summed E-state index contributed by atoms with van der Waals surface area (Å²) in [5.41, 5.74) is -1.84. The third-order valence-electron chi connectivity index (χ3n) is 5.83. The smallest absolute Gasteiger partial charge is 0.187 e. The van der Waals surface area contributed by atoms with Crippen molar-refractivity contribution in [3.63, 3.8) is 0 Å². The fourth-order valence-corrected chi connectivity index (χ4v) is 3.98. The first-order valence-electron chi connectivity index (χ1n) is 9.32. The number of carbonyl (C=O) groups excluding carboxylic acids is 1. The number of rotatable bonds is 5. The summed E-state index contributed by atoms with van der Waals surface area (Å²) in [5, 5.41) is 50.1. The van der Waals surface area contributed by atoms with Crippen LogP contribution in [0, 0.1) is 11.3 Å². The standard InChI is InChI=1S/C19H32O8/c1-10-7-12(21)8-18(3,4)19(10,25)6-5-11(2)26-17-16(24)15(23)14(22)13(9-20)27-17/h5-6,10-11,13-17,20,22-25H,7-9H2,1-4H3/b6-5+. The van der Waals surface area contributed by atoms with E-state index in [1.807, 2.05) is 20.8 Å². The minimum atomic E-state index is -1.51. The Balaban J connectivity index is 2.08. The van der Waals surface area contributed by atoms with Gasteiger partial charge in [-0.05, 0) is 12.8 Å². The van der Waals surface area contributed by atoms with Gasteiger partial charge in [-0.1, -0.05) is 32.9 Å². The molecular formula is C19H32O8. The SMILES string of the molecule is CC(/C=C/C1(O)C(C)CC(=O)CC1(C)C)OC1OC(CO)C(O)C(O)C1O. The van der Waals surface area contributed by atoms with Gasteiger partial charge < -0.3 is 35.0 Å². The maximum Gasteiger partial charge on any atom is 0.187 e. The third kappa shape index (κ3) is 4.42. The molecule has 0 bridgehead atoms. The Morgan fingerprint density at radius 1 is 1.26 bits per heavy atom. The molecule has 8 unspecified atom stereocenters. The summed E-state index contributed by atoms with van der Waals surface area (Å²) in [6.45, 7) is 6.65. The molecule has 8 atom stereocenters. The van der Waals surface area contributed by atoms with E-state index in [9.17, 15) is 30.3 Å². The molecule has 8 heteroatoms. The normalized spacial score (nSPS) is 43.8. The molecule has 2 fully saturated rings. The second kappa shape index (κ2) is 8.24. The van der Waals surface area contributed by atoms with Gasteiger partial charge in [0, 0.05) is 18.3 Å². The van der Waals surface area contributed by atoms with Crippen molar-refractivity contribution in [3.8, 4) is 0 Å². The number of ether oxygens (including phenoxy) is 2. The second-order valence-electron chi connectivity index (χ2n) is 8.43. The summed E-state index contributed by atoms with van der Waals surface area (Å²) in [7, 11) is 0. The quantitative estimate of drug-likeness (QED) is 0.398. The van der Waals surface area contributed by atoms with E-state index in [0.29, 0.717) is 6.42 Å². The molecule has 2 rings (SSSR count). The third-order valence-corrected chi connectivity index (χ3v) is 5.83. The van der Waals surface area contributed by atoms with E-state index in [1.54, 1.807) is 19.1 Å². The van der Waals surface area contributed by atoms with E-state index in [4.69, 9.17) is 9.47 Å². The molecule has 8 nitrogen and oxygen atoms in total. The van der Waals surface area contributed by atoms with Crippen LogP contribution in [0.5, 0.6) is 0 Å². The molecule has 1 saturated heterocycles. The summed E-state index contributed by atoms with van der Waals surface area (Å²) in [6, 6.07) is 0. The van der Waals surface area contributed by atoms with Gasteiger partial charge in [0.15, 0.2) is 6.29 Å². The van der Waals surface area contributed by atoms with Gasteiger partial charge in [-0.15, -0.1) is 0 Å². The van der Waals surface area contributed by atoms with E-state index >= 15 is 0 Å². The van der Waals surface area contributed by atoms with Crippen LogP contribution in [0.25, 0.3) is 0 Å². The zero-order valence-corrected chi connectivity index (χ0v) is 16.3. The Bertz CT molecular complexity index is 560. The lowest BCUT2D eigenvalue weighted by Crippen LogP contribution is -2.59. The number of carbonyl (C=O) groups is 1. The predicted octanol–water partition coefficient (Wildman–Crippen LogP) is -0.496. The maximum atomic E-state index is 11.9. The van der Waals surface area contributed by atoms with Gasteiger partial charge in [-0.3, -0.25) is 4.79 Å². The first kappa shape index (κ1) is 22.4. The lowest BCUT2D eigenvalue weighted by atomic mass is 9.60. The van der Waals surface area contributed by atoms with Crippen LogP contribution < -0.4 is 0 Å². The molecule has 156 valence electrons. The van der Waals surface area contributed by atoms with Gasteiger partial charge in [-0.2, -0.15) is 0 Å². The van der Waals surface area contributed by atoms with Crippen LogP contribution in [0.2, 0.25) is 0 Å². The van der Waals surface area contributed by atoms with Crippen LogP contribution in [0.15, 0.2) is 12.2 Å². The Morgan fingerprint density at radius 2 is 1.89 bits per heavy atom. The van der Waals surface area contributed by atoms with E-state index in [1.165, 1.54) is 0 Å². The summed E-state index contributed by atoms with van der Waals surface area (Å²) in [4.78, 5) is 11.9. The number of aliphatic hydroxyl groups is 5. The average Bonchev–Trinajstić information content (AvgIpc) is 2.58. The summed E-state index contributed by atoms with van der Waals surface area (Å²) in [5.74, 6) is -0.138. The molecule has 2 aliphatic rings. The lowest BCUT2D eigenvalue weighted by molar-refractivity contribution is -0.306. The number of Topliss-reactive ketones (excluding diaryl/α,β-unsaturated/α-hetero) is 1. The molecule has 0 radical (unpaired) electrons. The zero-order chi connectivity index (χ0) is 20.6. The number of hydrogen-bond acceptors (Lipinski definition) is 8. The highest BCUT2D eigenvalue weighted by Crippen LogP contribution is 2.46. The van der Waals surface area contributed by atoms with Gasteiger partial charge in [0.05, 0.1) is 18.3 Å². The van der Waals surface area contributed by atoms with E-state index in [2.05, 4.69) is 0 Å². The van der Waals surface area contributed by atoms with E-state index < -0.39 is 54.4 Å². The second-order valence-corrected chi connectivity index (χ2v) is 8.43. The summed E-state index contributed by atoms with van der Waals surface area (Å²) in [6.07, 6.45) is -3.51. The Labute approximate surface area is 159 Å². The van der Waals surface area contributed by atoms with Gasteiger partial charge in [0.1, 0.15) is 30.2 Å². The molecule has 1 heterocycles. The molecule has 1 aliphatic carbocycles. The van der Waals surface area contributed by atoms with Gasteiger partial charge in [0.25, 0.3) is 0 Å². The first-order valence-corrected chi connectivity index (χ1v) is 9.32. The van der Waals surface area contributed by atoms with Gasteiger partial charge in [0.2, 0.25) is 0 Å². The molecule has 1 aliphatic heterocycles. The largest absolute Gasteiger partial charge is 0.394 e. The number of aliphatic hydroxyl groups excluding tert-OH is 4. The van der Waals surface area contributed by atoms with Crippen molar-refractivity contribution >= 4 is 5.78 Å². The molecular weight excluding hydrogens is 356 g/mol. The van der Waals surface area contributed by atoms with Crippen LogP contribution in [-0.2, 0) is 14.3 Å². The minimum Gasteiger partial charge on any atom is -0.394 e. The van der Waals surface area contributed by atoms with Crippen molar-refractivity contribution in [2.45, 2.75) is 82.9 Å². The fourth-order valence-electron chi connectivity index (χ4n) is 3.98. The molecule has 1 saturated carbocycles. The van der Waals surface area contributed by atoms with Crippen molar-refractivity contribution in [3.05, 3.63) is 12.2 Å². The van der Waals surface area contributed by atoms with Crippen molar-refractivity contribution < 1.29 is 39.8 Å². The van der Waals surface area contributed by atoms with Gasteiger partial charge >= 0.3 is 0 Å². The van der Waals surface area contributed by atoms with Crippen molar-refractivity contribution in [2.24, 2.45) is 11.3 Å². The van der Waals surface area contributed by atoms with Crippen LogP contribution in [0.1, 0.15) is 40.5 Å².